The quantitative estimate of drug-likeness (QED) is 0.799. The first kappa shape index (κ1) is 18.6. The zero-order valence-electron chi connectivity index (χ0n) is 15.0. The van der Waals surface area contributed by atoms with E-state index in [-0.39, 0.29) is 35.4 Å². The van der Waals surface area contributed by atoms with E-state index in [1.54, 1.807) is 0 Å². The highest BCUT2D eigenvalue weighted by molar-refractivity contribution is 5.99. The number of methoxy groups -OCH3 is 1. The van der Waals surface area contributed by atoms with E-state index in [2.05, 4.69) is 10.6 Å². The second-order valence-electron chi connectivity index (χ2n) is 6.37. The monoisotopic (exact) mass is 373 g/mol. The third-order valence-electron chi connectivity index (χ3n) is 4.30. The topological polar surface area (TPSA) is 89.4 Å². The largest absolute Gasteiger partial charge is 0.494 e. The van der Waals surface area contributed by atoms with E-state index < -0.39 is 17.3 Å². The Hall–Kier alpha value is -3.16. The van der Waals surface area contributed by atoms with Crippen LogP contribution in [0.1, 0.15) is 39.1 Å². The smallest absolute Gasteiger partial charge is 0.263 e. The van der Waals surface area contributed by atoms with Crippen LogP contribution in [0, 0.1) is 5.82 Å². The number of halogens is 1. The van der Waals surface area contributed by atoms with Crippen molar-refractivity contribution in [2.75, 3.05) is 14.2 Å². The lowest BCUT2D eigenvalue weighted by atomic mass is 10.1. The lowest BCUT2D eigenvalue weighted by Crippen LogP contribution is -2.34. The van der Waals surface area contributed by atoms with Crippen LogP contribution in [0.4, 0.5) is 4.39 Å². The third kappa shape index (κ3) is 4.16. The van der Waals surface area contributed by atoms with Gasteiger partial charge in [0.2, 0.25) is 0 Å². The van der Waals surface area contributed by atoms with Crippen molar-refractivity contribution in [3.63, 3.8) is 0 Å². The van der Waals surface area contributed by atoms with Gasteiger partial charge in [0.05, 0.1) is 19.2 Å². The van der Waals surface area contributed by atoms with Crippen LogP contribution >= 0.6 is 0 Å². The van der Waals surface area contributed by atoms with Crippen LogP contribution in [-0.4, -0.2) is 36.6 Å². The van der Waals surface area contributed by atoms with Crippen molar-refractivity contribution in [1.82, 2.24) is 15.2 Å². The van der Waals surface area contributed by atoms with Crippen LogP contribution in [0.3, 0.4) is 0 Å². The van der Waals surface area contributed by atoms with Gasteiger partial charge in [0.15, 0.2) is 11.6 Å². The van der Waals surface area contributed by atoms with Gasteiger partial charge in [-0.15, -0.1) is 0 Å². The molecule has 0 unspecified atom stereocenters. The van der Waals surface area contributed by atoms with Crippen molar-refractivity contribution in [2.24, 2.45) is 0 Å². The maximum Gasteiger partial charge on any atom is 0.263 e. The van der Waals surface area contributed by atoms with Crippen molar-refractivity contribution < 1.29 is 18.7 Å². The molecule has 0 atom stereocenters. The highest BCUT2D eigenvalue weighted by Gasteiger charge is 2.25. The van der Waals surface area contributed by atoms with Crippen molar-refractivity contribution in [3.8, 4) is 5.75 Å². The van der Waals surface area contributed by atoms with E-state index in [4.69, 9.17) is 4.74 Å². The molecular formula is C19H20FN3O4. The van der Waals surface area contributed by atoms with Gasteiger partial charge in [-0.25, -0.2) is 4.39 Å². The van der Waals surface area contributed by atoms with Crippen molar-refractivity contribution in [1.29, 1.82) is 0 Å². The number of hydrogen-bond acceptors (Lipinski definition) is 4. The first-order valence-electron chi connectivity index (χ1n) is 8.52. The summed E-state index contributed by atoms with van der Waals surface area (Å²) in [5.74, 6) is -1.38. The number of hydrogen-bond donors (Lipinski definition) is 2. The molecule has 7 nitrogen and oxygen atoms in total. The van der Waals surface area contributed by atoms with E-state index in [1.165, 1.54) is 49.2 Å². The molecule has 0 radical (unpaired) electrons. The van der Waals surface area contributed by atoms with Gasteiger partial charge < -0.3 is 19.9 Å². The molecule has 3 rings (SSSR count). The van der Waals surface area contributed by atoms with Gasteiger partial charge in [-0.2, -0.15) is 0 Å². The Balaban J connectivity index is 2.00. The summed E-state index contributed by atoms with van der Waals surface area (Å²) in [5, 5.41) is 5.24. The number of ether oxygens (including phenoxy) is 1. The van der Waals surface area contributed by atoms with E-state index in [0.717, 1.165) is 12.8 Å². The van der Waals surface area contributed by atoms with Crippen LogP contribution in [0.15, 0.2) is 35.3 Å². The lowest BCUT2D eigenvalue weighted by Gasteiger charge is -2.12. The molecule has 8 heteroatoms. The van der Waals surface area contributed by atoms with Crippen LogP contribution < -0.4 is 20.9 Å². The second-order valence-corrected chi connectivity index (χ2v) is 6.37. The molecule has 2 amide bonds. The van der Waals surface area contributed by atoms with E-state index >= 15 is 0 Å². The zero-order valence-corrected chi connectivity index (χ0v) is 15.0. The van der Waals surface area contributed by atoms with Gasteiger partial charge in [0, 0.05) is 19.3 Å². The summed E-state index contributed by atoms with van der Waals surface area (Å²) in [4.78, 5) is 37.1. The average Bonchev–Trinajstić information content (AvgIpc) is 3.48. The van der Waals surface area contributed by atoms with Gasteiger partial charge in [0.1, 0.15) is 5.56 Å². The standard InChI is InChI=1S/C19H20FN3O4/c1-21-18(25)14-8-12(17(24)22-13-4-5-13)10-23(19(14)26)9-11-3-6-15(20)16(7-11)27-2/h3,6-8,10,13H,4-5,9H2,1-2H3,(H,21,25)(H,22,24). The minimum absolute atomic E-state index is 0.0507. The first-order chi connectivity index (χ1) is 12.9. The molecule has 0 bridgehead atoms. The number of rotatable bonds is 6. The first-order valence-corrected chi connectivity index (χ1v) is 8.52. The number of pyridine rings is 1. The van der Waals surface area contributed by atoms with Gasteiger partial charge in [-0.1, -0.05) is 6.07 Å². The van der Waals surface area contributed by atoms with Gasteiger partial charge in [-0.3, -0.25) is 14.4 Å². The fourth-order valence-electron chi connectivity index (χ4n) is 2.67. The fraction of sp³-hybridized carbons (Fsp3) is 0.316. The summed E-state index contributed by atoms with van der Waals surface area (Å²) < 4.78 is 19.8. The Morgan fingerprint density at radius 2 is 2.00 bits per heavy atom. The number of amides is 2. The summed E-state index contributed by atoms with van der Waals surface area (Å²) in [6.07, 6.45) is 3.24. The Labute approximate surface area is 155 Å². The number of carbonyl (C=O) groups excluding carboxylic acids is 2. The molecule has 1 aliphatic carbocycles. The number of nitrogens with zero attached hydrogens (tertiary/aromatic N) is 1. The van der Waals surface area contributed by atoms with Gasteiger partial charge in [0.25, 0.3) is 17.4 Å². The van der Waals surface area contributed by atoms with Crippen molar-refractivity contribution in [3.05, 3.63) is 63.3 Å². The Kier molecular flexibility index (Phi) is 5.25. The Morgan fingerprint density at radius 1 is 1.26 bits per heavy atom. The van der Waals surface area contributed by atoms with Gasteiger partial charge in [-0.05, 0) is 36.6 Å². The summed E-state index contributed by atoms with van der Waals surface area (Å²) in [6.45, 7) is 0.0595. The highest BCUT2D eigenvalue weighted by Crippen LogP contribution is 2.20. The lowest BCUT2D eigenvalue weighted by molar-refractivity contribution is 0.0950. The van der Waals surface area contributed by atoms with Crippen LogP contribution in [-0.2, 0) is 6.54 Å². The van der Waals surface area contributed by atoms with Crippen LogP contribution in [0.2, 0.25) is 0 Å². The summed E-state index contributed by atoms with van der Waals surface area (Å²) in [5.41, 5.74) is 0.141. The predicted molar refractivity (Wildman–Crippen MR) is 96.6 cm³/mol. The zero-order chi connectivity index (χ0) is 19.6. The number of carbonyl (C=O) groups is 2. The van der Waals surface area contributed by atoms with Crippen LogP contribution in [0.25, 0.3) is 0 Å². The molecule has 1 saturated carbocycles. The molecule has 1 aromatic heterocycles. The second kappa shape index (κ2) is 7.61. The van der Waals surface area contributed by atoms with E-state index in [1.807, 2.05) is 0 Å². The molecule has 1 heterocycles. The Bertz CT molecular complexity index is 950. The van der Waals surface area contributed by atoms with E-state index in [9.17, 15) is 18.8 Å². The third-order valence-corrected chi connectivity index (χ3v) is 4.30. The Morgan fingerprint density at radius 3 is 2.63 bits per heavy atom. The maximum atomic E-state index is 13.6. The summed E-state index contributed by atoms with van der Waals surface area (Å²) in [7, 11) is 2.76. The molecular weight excluding hydrogens is 353 g/mol. The SMILES string of the molecule is CNC(=O)c1cc(C(=O)NC2CC2)cn(Cc2ccc(F)c(OC)c2)c1=O. The molecule has 1 aromatic carbocycles. The predicted octanol–water partition coefficient (Wildman–Crippen LogP) is 1.30. The average molecular weight is 373 g/mol. The van der Waals surface area contributed by atoms with Gasteiger partial charge >= 0.3 is 0 Å². The molecule has 2 aromatic rings. The van der Waals surface area contributed by atoms with Crippen LogP contribution in [0.5, 0.6) is 5.75 Å². The molecule has 142 valence electrons. The number of nitrogens with one attached hydrogen (secondary N) is 2. The maximum absolute atomic E-state index is 13.6. The number of benzene rings is 1. The molecule has 27 heavy (non-hydrogen) atoms. The molecule has 2 N–H and O–H groups in total. The fourth-order valence-corrected chi connectivity index (χ4v) is 2.67. The van der Waals surface area contributed by atoms with Crippen molar-refractivity contribution >= 4 is 11.8 Å². The molecule has 1 aliphatic rings. The molecule has 0 aliphatic heterocycles. The minimum Gasteiger partial charge on any atom is -0.494 e. The molecule has 0 saturated heterocycles. The summed E-state index contributed by atoms with van der Waals surface area (Å²) >= 11 is 0. The van der Waals surface area contributed by atoms with Crippen molar-refractivity contribution in [2.45, 2.75) is 25.4 Å². The molecule has 0 spiro atoms. The number of aromatic nitrogens is 1. The highest BCUT2D eigenvalue weighted by atomic mass is 19.1. The molecule has 1 fully saturated rings. The van der Waals surface area contributed by atoms with E-state index in [0.29, 0.717) is 5.56 Å². The summed E-state index contributed by atoms with van der Waals surface area (Å²) in [6, 6.07) is 5.66. The minimum atomic E-state index is -0.577. The normalized spacial score (nSPS) is 13.1.